The van der Waals surface area contributed by atoms with Crippen LogP contribution in [0.25, 0.3) is 11.1 Å². The molecule has 1 aliphatic rings. The minimum atomic E-state index is -1.16. The minimum Gasteiger partial charge on any atom is -0.478 e. The average Bonchev–Trinajstić information content (AvgIpc) is 3.10. The number of fused-ring (bicyclic) bond motifs is 3. The molecule has 1 N–H and O–H groups in total. The Labute approximate surface area is 179 Å². The van der Waals surface area contributed by atoms with E-state index < -0.39 is 12.1 Å². The Morgan fingerprint density at radius 3 is 2.16 bits per heavy atom. The first-order valence-corrected chi connectivity index (χ1v) is 9.84. The van der Waals surface area contributed by atoms with E-state index >= 15 is 0 Å². The van der Waals surface area contributed by atoms with Gasteiger partial charge in [0.2, 0.25) is 0 Å². The highest BCUT2D eigenvalue weighted by Crippen LogP contribution is 2.44. The Hall–Kier alpha value is -3.93. The Morgan fingerprint density at radius 2 is 1.61 bits per heavy atom. The van der Waals surface area contributed by atoms with Gasteiger partial charge in [0.25, 0.3) is 0 Å². The number of anilines is 1. The fraction of sp³-hybridized carbons (Fsp3) is 0.160. The molecule has 31 heavy (non-hydrogen) atoms. The number of aromatic carboxylic acids is 1. The lowest BCUT2D eigenvalue weighted by atomic mass is 9.98. The number of nitrogens with zero attached hydrogens (tertiary/aromatic N) is 1. The summed E-state index contributed by atoms with van der Waals surface area (Å²) in [5, 5.41) is 9.41. The van der Waals surface area contributed by atoms with Gasteiger partial charge in [0.05, 0.1) is 11.3 Å². The highest BCUT2D eigenvalue weighted by molar-refractivity contribution is 5.97. The van der Waals surface area contributed by atoms with Crippen molar-refractivity contribution in [3.8, 4) is 11.1 Å². The predicted molar refractivity (Wildman–Crippen MR) is 117 cm³/mol. The predicted octanol–water partition coefficient (Wildman–Crippen LogP) is 4.89. The van der Waals surface area contributed by atoms with Gasteiger partial charge in [0, 0.05) is 18.5 Å². The van der Waals surface area contributed by atoms with Crippen LogP contribution in [0.4, 0.5) is 10.5 Å². The SMILES string of the molecule is Cc1c(C(=O)O)cc(C=O)cc1N(C)C(=O)OCC1c2ccccc2-c2ccccc21. The Bertz CT molecular complexity index is 1150. The van der Waals surface area contributed by atoms with Gasteiger partial charge in [0.15, 0.2) is 0 Å². The molecule has 4 rings (SSSR count). The van der Waals surface area contributed by atoms with Crippen molar-refractivity contribution in [2.45, 2.75) is 12.8 Å². The third-order valence-corrected chi connectivity index (χ3v) is 5.74. The highest BCUT2D eigenvalue weighted by atomic mass is 16.6. The minimum absolute atomic E-state index is 0.0297. The maximum atomic E-state index is 12.8. The van der Waals surface area contributed by atoms with Crippen LogP contribution in [0.5, 0.6) is 0 Å². The van der Waals surface area contributed by atoms with Crippen LogP contribution in [0.15, 0.2) is 60.7 Å². The number of carboxylic acids is 1. The molecular weight excluding hydrogens is 394 g/mol. The zero-order chi connectivity index (χ0) is 22.1. The number of aldehydes is 1. The second-order valence-electron chi connectivity index (χ2n) is 7.50. The van der Waals surface area contributed by atoms with Gasteiger partial charge >= 0.3 is 12.1 Å². The largest absolute Gasteiger partial charge is 0.478 e. The number of hydrogen-bond acceptors (Lipinski definition) is 4. The summed E-state index contributed by atoms with van der Waals surface area (Å²) >= 11 is 0. The fourth-order valence-corrected chi connectivity index (χ4v) is 4.15. The molecule has 0 atom stereocenters. The van der Waals surface area contributed by atoms with Crippen molar-refractivity contribution in [3.05, 3.63) is 88.5 Å². The van der Waals surface area contributed by atoms with E-state index in [2.05, 4.69) is 12.1 Å². The van der Waals surface area contributed by atoms with Gasteiger partial charge in [0.1, 0.15) is 12.9 Å². The van der Waals surface area contributed by atoms with Gasteiger partial charge in [-0.3, -0.25) is 9.69 Å². The monoisotopic (exact) mass is 415 g/mol. The molecule has 0 aromatic heterocycles. The molecule has 3 aromatic carbocycles. The topological polar surface area (TPSA) is 83.9 Å². The van der Waals surface area contributed by atoms with Crippen LogP contribution in [0.1, 0.15) is 43.3 Å². The molecule has 0 spiro atoms. The lowest BCUT2D eigenvalue weighted by molar-refractivity contribution is 0.0696. The van der Waals surface area contributed by atoms with Crippen molar-refractivity contribution in [2.24, 2.45) is 0 Å². The van der Waals surface area contributed by atoms with E-state index in [1.807, 2.05) is 36.4 Å². The normalized spacial score (nSPS) is 12.1. The molecule has 1 aliphatic carbocycles. The molecule has 0 radical (unpaired) electrons. The number of benzene rings is 3. The molecule has 3 aromatic rings. The van der Waals surface area contributed by atoms with Crippen LogP contribution >= 0.6 is 0 Å². The van der Waals surface area contributed by atoms with Crippen LogP contribution in [-0.2, 0) is 4.74 Å². The molecule has 1 amide bonds. The Morgan fingerprint density at radius 1 is 1.03 bits per heavy atom. The van der Waals surface area contributed by atoms with Gasteiger partial charge in [-0.2, -0.15) is 0 Å². The van der Waals surface area contributed by atoms with Crippen LogP contribution in [-0.4, -0.2) is 37.1 Å². The van der Waals surface area contributed by atoms with Gasteiger partial charge < -0.3 is 9.84 Å². The molecule has 0 saturated heterocycles. The van der Waals surface area contributed by atoms with Crippen molar-refractivity contribution in [1.29, 1.82) is 0 Å². The van der Waals surface area contributed by atoms with E-state index in [0.717, 1.165) is 22.3 Å². The quantitative estimate of drug-likeness (QED) is 0.600. The summed E-state index contributed by atoms with van der Waals surface area (Å²) in [6.07, 6.45) is -0.0645. The van der Waals surface area contributed by atoms with Gasteiger partial charge in [-0.15, -0.1) is 0 Å². The summed E-state index contributed by atoms with van der Waals surface area (Å²) in [5.74, 6) is -1.25. The molecule has 6 heteroatoms. The summed E-state index contributed by atoms with van der Waals surface area (Å²) < 4.78 is 5.64. The fourth-order valence-electron chi connectivity index (χ4n) is 4.15. The molecular formula is C25H21NO5. The third-order valence-electron chi connectivity index (χ3n) is 5.74. The van der Waals surface area contributed by atoms with Crippen LogP contribution in [0.3, 0.4) is 0 Å². The lowest BCUT2D eigenvalue weighted by Crippen LogP contribution is -2.29. The second-order valence-corrected chi connectivity index (χ2v) is 7.50. The first-order chi connectivity index (χ1) is 14.9. The van der Waals surface area contributed by atoms with E-state index in [0.29, 0.717) is 17.5 Å². The summed E-state index contributed by atoms with van der Waals surface area (Å²) in [4.78, 5) is 36.8. The van der Waals surface area contributed by atoms with Crippen LogP contribution in [0, 0.1) is 6.92 Å². The third kappa shape index (κ3) is 3.57. The highest BCUT2D eigenvalue weighted by Gasteiger charge is 2.30. The van der Waals surface area contributed by atoms with Gasteiger partial charge in [-0.05, 0) is 46.9 Å². The van der Waals surface area contributed by atoms with Gasteiger partial charge in [-0.1, -0.05) is 48.5 Å². The first-order valence-electron chi connectivity index (χ1n) is 9.84. The summed E-state index contributed by atoms with van der Waals surface area (Å²) in [7, 11) is 1.50. The maximum Gasteiger partial charge on any atom is 0.414 e. The molecule has 156 valence electrons. The first kappa shape index (κ1) is 20.3. The lowest BCUT2D eigenvalue weighted by Gasteiger charge is -2.22. The van der Waals surface area contributed by atoms with E-state index in [1.165, 1.54) is 24.1 Å². The number of rotatable bonds is 5. The smallest absolute Gasteiger partial charge is 0.414 e. The molecule has 0 bridgehead atoms. The Balaban J connectivity index is 1.58. The number of hydrogen-bond donors (Lipinski definition) is 1. The Kier molecular flexibility index (Phi) is 5.29. The summed E-state index contributed by atoms with van der Waals surface area (Å²) in [6.45, 7) is 1.75. The molecule has 0 aliphatic heterocycles. The van der Waals surface area contributed by atoms with Crippen molar-refractivity contribution in [3.63, 3.8) is 0 Å². The van der Waals surface area contributed by atoms with E-state index in [9.17, 15) is 19.5 Å². The number of ether oxygens (including phenoxy) is 1. The molecule has 0 fully saturated rings. The zero-order valence-electron chi connectivity index (χ0n) is 17.2. The van der Waals surface area contributed by atoms with Crippen molar-refractivity contribution in [2.75, 3.05) is 18.6 Å². The number of carbonyl (C=O) groups excluding carboxylic acids is 2. The van der Waals surface area contributed by atoms with Crippen molar-refractivity contribution >= 4 is 24.0 Å². The van der Waals surface area contributed by atoms with Crippen molar-refractivity contribution < 1.29 is 24.2 Å². The zero-order valence-corrected chi connectivity index (χ0v) is 17.2. The molecule has 6 nitrogen and oxygen atoms in total. The standard InChI is InChI=1S/C25H21NO5/c1-15-21(24(28)29)11-16(13-27)12-23(15)26(2)25(30)31-14-22-19-9-5-3-7-17(19)18-8-4-6-10-20(18)22/h3-13,22H,14H2,1-2H3,(H,28,29). The number of carboxylic acid groups (broad SMARTS) is 1. The number of carbonyl (C=O) groups is 3. The molecule has 0 heterocycles. The second kappa shape index (κ2) is 8.07. The van der Waals surface area contributed by atoms with E-state index in [-0.39, 0.29) is 23.7 Å². The van der Waals surface area contributed by atoms with Gasteiger partial charge in [-0.25, -0.2) is 9.59 Å². The summed E-state index contributed by atoms with van der Waals surface area (Å²) in [5.41, 5.74) is 5.32. The van der Waals surface area contributed by atoms with Crippen molar-refractivity contribution in [1.82, 2.24) is 0 Å². The maximum absolute atomic E-state index is 12.8. The van der Waals surface area contributed by atoms with E-state index in [1.54, 1.807) is 6.92 Å². The molecule has 0 saturated carbocycles. The average molecular weight is 415 g/mol. The molecule has 0 unspecified atom stereocenters. The van der Waals surface area contributed by atoms with E-state index in [4.69, 9.17) is 4.74 Å². The van der Waals surface area contributed by atoms with Crippen LogP contribution in [0.2, 0.25) is 0 Å². The number of amides is 1. The van der Waals surface area contributed by atoms with Crippen LogP contribution < -0.4 is 4.90 Å². The summed E-state index contributed by atoms with van der Waals surface area (Å²) in [6, 6.07) is 18.9.